The van der Waals surface area contributed by atoms with Crippen molar-refractivity contribution >= 4 is 11.6 Å². The molecule has 0 aliphatic rings. The number of nitrogens with one attached hydrogen (secondary N) is 1. The molecule has 0 spiro atoms. The van der Waals surface area contributed by atoms with Gasteiger partial charge in [0.2, 0.25) is 11.8 Å². The van der Waals surface area contributed by atoms with Crippen LogP contribution in [0, 0.1) is 5.82 Å². The van der Waals surface area contributed by atoms with Gasteiger partial charge in [0.05, 0.1) is 6.42 Å². The largest absolute Gasteiger partial charge is 0.415 e. The zero-order chi connectivity index (χ0) is 17.8. The van der Waals surface area contributed by atoms with Crippen LogP contribution in [0.5, 0.6) is 0 Å². The Kier molecular flexibility index (Phi) is 4.78. The first-order valence-electron chi connectivity index (χ1n) is 7.28. The maximum Gasteiger partial charge on any atom is 0.314 e. The number of halogens is 3. The van der Waals surface area contributed by atoms with Crippen LogP contribution in [0.3, 0.4) is 0 Å². The van der Waals surface area contributed by atoms with Gasteiger partial charge in [0, 0.05) is 11.3 Å². The number of benzene rings is 2. The summed E-state index contributed by atoms with van der Waals surface area (Å²) in [6, 6.07) is 12.2. The first-order chi connectivity index (χ1) is 12.0. The molecule has 1 N–H and O–H groups in total. The van der Waals surface area contributed by atoms with E-state index >= 15 is 0 Å². The lowest BCUT2D eigenvalue weighted by atomic mass is 10.1. The minimum Gasteiger partial charge on any atom is -0.415 e. The van der Waals surface area contributed by atoms with E-state index in [1.165, 1.54) is 12.1 Å². The highest BCUT2D eigenvalue weighted by Crippen LogP contribution is 2.24. The second-order valence-corrected chi connectivity index (χ2v) is 5.14. The number of carbonyl (C=O) groups excluding carboxylic acids is 1. The molecule has 5 nitrogen and oxygen atoms in total. The van der Waals surface area contributed by atoms with Crippen LogP contribution in [0.1, 0.15) is 17.9 Å². The van der Waals surface area contributed by atoms with Crippen molar-refractivity contribution in [2.75, 3.05) is 5.32 Å². The van der Waals surface area contributed by atoms with Crippen molar-refractivity contribution in [2.24, 2.45) is 0 Å². The van der Waals surface area contributed by atoms with Gasteiger partial charge in [0.1, 0.15) is 5.82 Å². The molecule has 25 heavy (non-hydrogen) atoms. The fraction of sp³-hybridized carbons (Fsp3) is 0.118. The van der Waals surface area contributed by atoms with E-state index in [1.807, 2.05) is 0 Å². The smallest absolute Gasteiger partial charge is 0.314 e. The van der Waals surface area contributed by atoms with Crippen molar-refractivity contribution in [3.63, 3.8) is 0 Å². The molecular formula is C17H12F3N3O2. The highest BCUT2D eigenvalue weighted by atomic mass is 19.3. The zero-order valence-corrected chi connectivity index (χ0v) is 12.7. The Bertz CT molecular complexity index is 879. The van der Waals surface area contributed by atoms with E-state index in [0.29, 0.717) is 16.8 Å². The molecule has 2 aromatic carbocycles. The second kappa shape index (κ2) is 7.16. The molecule has 1 amide bonds. The van der Waals surface area contributed by atoms with Crippen LogP contribution in [0.15, 0.2) is 52.9 Å². The third-order valence-electron chi connectivity index (χ3n) is 3.35. The number of rotatable bonds is 5. The minimum atomic E-state index is -2.84. The average molecular weight is 347 g/mol. The van der Waals surface area contributed by atoms with E-state index in [1.54, 1.807) is 36.4 Å². The molecule has 0 radical (unpaired) electrons. The summed E-state index contributed by atoms with van der Waals surface area (Å²) in [5.74, 6) is -1.62. The van der Waals surface area contributed by atoms with Gasteiger partial charge in [-0.2, -0.15) is 8.78 Å². The fourth-order valence-electron chi connectivity index (χ4n) is 2.16. The molecule has 0 unspecified atom stereocenters. The Morgan fingerprint density at radius 3 is 2.44 bits per heavy atom. The standard InChI is InChI=1S/C17H12F3N3O2/c18-13-4-2-1-3-11(13)9-14(24)21-12-7-5-10(6-8-12)16-22-23-17(25-16)15(19)20/h1-8,15H,9H2,(H,21,24). The lowest BCUT2D eigenvalue weighted by Crippen LogP contribution is -2.15. The van der Waals surface area contributed by atoms with Crippen LogP contribution < -0.4 is 5.32 Å². The maximum absolute atomic E-state index is 13.5. The third kappa shape index (κ3) is 4.03. The highest BCUT2D eigenvalue weighted by molar-refractivity contribution is 5.92. The highest BCUT2D eigenvalue weighted by Gasteiger charge is 2.17. The molecule has 1 heterocycles. The van der Waals surface area contributed by atoms with Crippen LogP contribution in [-0.2, 0) is 11.2 Å². The Morgan fingerprint density at radius 2 is 1.80 bits per heavy atom. The van der Waals surface area contributed by atoms with Crippen molar-refractivity contribution < 1.29 is 22.4 Å². The van der Waals surface area contributed by atoms with Crippen LogP contribution in [0.4, 0.5) is 18.9 Å². The van der Waals surface area contributed by atoms with Gasteiger partial charge in [-0.1, -0.05) is 18.2 Å². The van der Waals surface area contributed by atoms with Crippen LogP contribution >= 0.6 is 0 Å². The molecule has 1 aromatic heterocycles. The molecule has 0 aliphatic carbocycles. The van der Waals surface area contributed by atoms with Gasteiger partial charge in [0.25, 0.3) is 5.89 Å². The lowest BCUT2D eigenvalue weighted by molar-refractivity contribution is -0.115. The van der Waals surface area contributed by atoms with E-state index in [4.69, 9.17) is 4.42 Å². The average Bonchev–Trinajstić information content (AvgIpc) is 3.08. The maximum atomic E-state index is 13.5. The first kappa shape index (κ1) is 16.7. The topological polar surface area (TPSA) is 68.0 Å². The van der Waals surface area contributed by atoms with E-state index < -0.39 is 18.1 Å². The summed E-state index contributed by atoms with van der Waals surface area (Å²) in [6.45, 7) is 0. The number of nitrogens with zero attached hydrogens (tertiary/aromatic N) is 2. The molecule has 8 heteroatoms. The van der Waals surface area contributed by atoms with Crippen molar-refractivity contribution in [3.05, 3.63) is 65.8 Å². The molecular weight excluding hydrogens is 335 g/mol. The summed E-state index contributed by atoms with van der Waals surface area (Å²) >= 11 is 0. The van der Waals surface area contributed by atoms with Gasteiger partial charge in [-0.3, -0.25) is 4.79 Å². The summed E-state index contributed by atoms with van der Waals surface area (Å²) in [5.41, 5.74) is 1.20. The van der Waals surface area contributed by atoms with Crippen molar-refractivity contribution in [1.29, 1.82) is 0 Å². The molecule has 0 bridgehead atoms. The van der Waals surface area contributed by atoms with Gasteiger partial charge in [-0.15, -0.1) is 10.2 Å². The van der Waals surface area contributed by atoms with Crippen LogP contribution in [0.2, 0.25) is 0 Å². The lowest BCUT2D eigenvalue weighted by Gasteiger charge is -2.06. The van der Waals surface area contributed by atoms with Crippen molar-refractivity contribution in [3.8, 4) is 11.5 Å². The number of amides is 1. The Hall–Kier alpha value is -3.16. The van der Waals surface area contributed by atoms with Gasteiger partial charge in [-0.05, 0) is 35.9 Å². The molecule has 0 saturated heterocycles. The third-order valence-corrected chi connectivity index (χ3v) is 3.35. The van der Waals surface area contributed by atoms with Gasteiger partial charge in [0.15, 0.2) is 0 Å². The van der Waals surface area contributed by atoms with Gasteiger partial charge in [-0.25, -0.2) is 4.39 Å². The quantitative estimate of drug-likeness (QED) is 0.758. The van der Waals surface area contributed by atoms with Gasteiger partial charge >= 0.3 is 6.43 Å². The predicted molar refractivity (Wildman–Crippen MR) is 83.4 cm³/mol. The van der Waals surface area contributed by atoms with E-state index in [-0.39, 0.29) is 18.2 Å². The van der Waals surface area contributed by atoms with E-state index in [0.717, 1.165) is 0 Å². The first-order valence-corrected chi connectivity index (χ1v) is 7.28. The normalized spacial score (nSPS) is 10.9. The molecule has 3 rings (SSSR count). The summed E-state index contributed by atoms with van der Waals surface area (Å²) < 4.78 is 43.3. The summed E-state index contributed by atoms with van der Waals surface area (Å²) in [7, 11) is 0. The van der Waals surface area contributed by atoms with Crippen LogP contribution in [-0.4, -0.2) is 16.1 Å². The molecule has 0 atom stereocenters. The number of anilines is 1. The van der Waals surface area contributed by atoms with Crippen molar-refractivity contribution in [1.82, 2.24) is 10.2 Å². The van der Waals surface area contributed by atoms with Gasteiger partial charge < -0.3 is 9.73 Å². The van der Waals surface area contributed by atoms with E-state index in [9.17, 15) is 18.0 Å². The molecule has 3 aromatic rings. The SMILES string of the molecule is O=C(Cc1ccccc1F)Nc1ccc(-c2nnc(C(F)F)o2)cc1. The Morgan fingerprint density at radius 1 is 1.08 bits per heavy atom. The number of carbonyl (C=O) groups is 1. The monoisotopic (exact) mass is 347 g/mol. The van der Waals surface area contributed by atoms with Crippen molar-refractivity contribution in [2.45, 2.75) is 12.8 Å². The molecule has 0 saturated carbocycles. The second-order valence-electron chi connectivity index (χ2n) is 5.14. The number of aromatic nitrogens is 2. The summed E-state index contributed by atoms with van der Waals surface area (Å²) in [4.78, 5) is 12.0. The molecule has 0 fully saturated rings. The molecule has 0 aliphatic heterocycles. The number of alkyl halides is 2. The number of hydrogen-bond acceptors (Lipinski definition) is 4. The summed E-state index contributed by atoms with van der Waals surface area (Å²) in [6.07, 6.45) is -2.94. The Labute approximate surface area is 140 Å². The zero-order valence-electron chi connectivity index (χ0n) is 12.7. The fourth-order valence-corrected chi connectivity index (χ4v) is 2.16. The Balaban J connectivity index is 1.66. The number of hydrogen-bond donors (Lipinski definition) is 1. The predicted octanol–water partition coefficient (Wildman–Crippen LogP) is 3.99. The van der Waals surface area contributed by atoms with E-state index in [2.05, 4.69) is 15.5 Å². The minimum absolute atomic E-state index is 0.0421. The molecule has 128 valence electrons. The summed E-state index contributed by atoms with van der Waals surface area (Å²) in [5, 5.41) is 9.41. The van der Waals surface area contributed by atoms with Crippen LogP contribution in [0.25, 0.3) is 11.5 Å².